The van der Waals surface area contributed by atoms with Crippen molar-refractivity contribution in [1.82, 2.24) is 19.7 Å². The Morgan fingerprint density at radius 3 is 2.92 bits per heavy atom. The average Bonchev–Trinajstić information content (AvgIpc) is 2.58. The molecule has 2 aromatic rings. The first kappa shape index (κ1) is 6.90. The zero-order chi connectivity index (χ0) is 8.55. The highest BCUT2D eigenvalue weighted by Gasteiger charge is 2.02. The molecule has 2 rings (SSSR count). The summed E-state index contributed by atoms with van der Waals surface area (Å²) in [4.78, 5) is 6.93. The van der Waals surface area contributed by atoms with Gasteiger partial charge in [0.15, 0.2) is 0 Å². The van der Waals surface area contributed by atoms with Crippen molar-refractivity contribution in [2.45, 2.75) is 6.92 Å². The van der Waals surface area contributed by atoms with E-state index < -0.39 is 0 Å². The van der Waals surface area contributed by atoms with E-state index in [0.717, 1.165) is 5.69 Å². The zero-order valence-corrected chi connectivity index (χ0v) is 6.65. The van der Waals surface area contributed by atoms with E-state index in [4.69, 9.17) is 5.73 Å². The molecule has 0 aliphatic carbocycles. The van der Waals surface area contributed by atoms with Crippen LogP contribution in [0.4, 0.5) is 5.82 Å². The third-order valence-electron chi connectivity index (χ3n) is 1.61. The molecule has 0 aliphatic rings. The maximum atomic E-state index is 5.48. The molecule has 2 aromatic heterocycles. The molecule has 0 aromatic carbocycles. The first-order valence-electron chi connectivity index (χ1n) is 3.59. The van der Waals surface area contributed by atoms with Crippen LogP contribution in [0.3, 0.4) is 0 Å². The van der Waals surface area contributed by atoms with Crippen molar-refractivity contribution >= 4 is 5.82 Å². The summed E-state index contributed by atoms with van der Waals surface area (Å²) in [7, 11) is 0. The summed E-state index contributed by atoms with van der Waals surface area (Å²) in [6.07, 6.45) is 3.28. The van der Waals surface area contributed by atoms with Crippen LogP contribution in [0.5, 0.6) is 0 Å². The van der Waals surface area contributed by atoms with Gasteiger partial charge in [-0.2, -0.15) is 5.10 Å². The zero-order valence-electron chi connectivity index (χ0n) is 6.65. The number of aromatic amines is 1. The summed E-state index contributed by atoms with van der Waals surface area (Å²) < 4.78 is 1.69. The maximum absolute atomic E-state index is 5.48. The molecule has 12 heavy (non-hydrogen) atoms. The summed E-state index contributed by atoms with van der Waals surface area (Å²) >= 11 is 0. The maximum Gasteiger partial charge on any atom is 0.229 e. The minimum atomic E-state index is 0.542. The molecule has 0 amide bonds. The Labute approximate surface area is 69.2 Å². The number of hydrogen-bond donors (Lipinski definition) is 2. The number of aromatic nitrogens is 4. The topological polar surface area (TPSA) is 72.5 Å². The van der Waals surface area contributed by atoms with Crippen LogP contribution in [0, 0.1) is 6.92 Å². The smallest absolute Gasteiger partial charge is 0.229 e. The summed E-state index contributed by atoms with van der Waals surface area (Å²) in [6.45, 7) is 1.95. The van der Waals surface area contributed by atoms with Crippen LogP contribution >= 0.6 is 0 Å². The first-order valence-corrected chi connectivity index (χ1v) is 3.59. The number of nitrogen functional groups attached to an aromatic ring is 1. The minimum Gasteiger partial charge on any atom is -0.384 e. The van der Waals surface area contributed by atoms with Gasteiger partial charge in [-0.25, -0.2) is 9.67 Å². The molecular formula is C7H9N5. The van der Waals surface area contributed by atoms with Crippen LogP contribution in [0.25, 0.3) is 5.95 Å². The Morgan fingerprint density at radius 1 is 1.58 bits per heavy atom. The monoisotopic (exact) mass is 163 g/mol. The van der Waals surface area contributed by atoms with Crippen molar-refractivity contribution in [3.05, 3.63) is 24.2 Å². The molecule has 0 bridgehead atoms. The molecule has 0 aliphatic heterocycles. The van der Waals surface area contributed by atoms with E-state index in [1.807, 2.05) is 13.0 Å². The van der Waals surface area contributed by atoms with E-state index in [0.29, 0.717) is 11.8 Å². The molecule has 0 atom stereocenters. The number of aryl methyl sites for hydroxylation is 1. The molecule has 5 heteroatoms. The second kappa shape index (κ2) is 2.37. The molecule has 2 heterocycles. The predicted octanol–water partition coefficient (Wildman–Crippen LogP) is 0.486. The van der Waals surface area contributed by atoms with Crippen LogP contribution in [0.15, 0.2) is 18.5 Å². The van der Waals surface area contributed by atoms with Gasteiger partial charge in [-0.3, -0.25) is 0 Å². The molecule has 0 unspecified atom stereocenters. The molecule has 0 saturated carbocycles. The fourth-order valence-corrected chi connectivity index (χ4v) is 1.02. The van der Waals surface area contributed by atoms with Gasteiger partial charge in [0.1, 0.15) is 5.82 Å². The number of anilines is 1. The SMILES string of the molecule is Cc1ccnn1-c1ncc(N)[nH]1. The second-order valence-corrected chi connectivity index (χ2v) is 2.55. The Bertz CT molecular complexity index is 386. The lowest BCUT2D eigenvalue weighted by molar-refractivity contribution is 0.798. The Kier molecular flexibility index (Phi) is 1.36. The van der Waals surface area contributed by atoms with E-state index in [-0.39, 0.29) is 0 Å². The van der Waals surface area contributed by atoms with Crippen LogP contribution in [0.2, 0.25) is 0 Å². The molecule has 5 nitrogen and oxygen atoms in total. The van der Waals surface area contributed by atoms with Gasteiger partial charge in [0.05, 0.1) is 6.20 Å². The van der Waals surface area contributed by atoms with E-state index >= 15 is 0 Å². The largest absolute Gasteiger partial charge is 0.384 e. The fraction of sp³-hybridized carbons (Fsp3) is 0.143. The van der Waals surface area contributed by atoms with Crippen molar-refractivity contribution in [3.8, 4) is 5.95 Å². The lowest BCUT2D eigenvalue weighted by Crippen LogP contribution is -2.00. The Hall–Kier alpha value is -1.78. The summed E-state index contributed by atoms with van der Waals surface area (Å²) in [6, 6.07) is 1.90. The Balaban J connectivity index is 2.50. The third-order valence-corrected chi connectivity index (χ3v) is 1.61. The molecular weight excluding hydrogens is 154 g/mol. The third kappa shape index (κ3) is 0.952. The lowest BCUT2D eigenvalue weighted by atomic mass is 10.5. The van der Waals surface area contributed by atoms with Crippen LogP contribution in [0.1, 0.15) is 5.69 Å². The van der Waals surface area contributed by atoms with Crippen LogP contribution in [-0.4, -0.2) is 19.7 Å². The van der Waals surface area contributed by atoms with E-state index in [9.17, 15) is 0 Å². The van der Waals surface area contributed by atoms with Gasteiger partial charge in [-0.1, -0.05) is 0 Å². The van der Waals surface area contributed by atoms with Crippen LogP contribution < -0.4 is 5.73 Å². The van der Waals surface area contributed by atoms with Crippen molar-refractivity contribution in [1.29, 1.82) is 0 Å². The highest BCUT2D eigenvalue weighted by atomic mass is 15.4. The highest BCUT2D eigenvalue weighted by molar-refractivity contribution is 5.30. The first-order chi connectivity index (χ1) is 5.77. The number of nitrogens with two attached hydrogens (primary N) is 1. The van der Waals surface area contributed by atoms with Crippen molar-refractivity contribution in [3.63, 3.8) is 0 Å². The van der Waals surface area contributed by atoms with Gasteiger partial charge in [0.25, 0.3) is 0 Å². The van der Waals surface area contributed by atoms with Gasteiger partial charge in [0.2, 0.25) is 5.95 Å². The summed E-state index contributed by atoms with van der Waals surface area (Å²) in [5.74, 6) is 1.19. The number of nitrogens with zero attached hydrogens (tertiary/aromatic N) is 3. The number of H-pyrrole nitrogens is 1. The lowest BCUT2D eigenvalue weighted by Gasteiger charge is -1.97. The second-order valence-electron chi connectivity index (χ2n) is 2.55. The van der Waals surface area contributed by atoms with Crippen LogP contribution in [-0.2, 0) is 0 Å². The van der Waals surface area contributed by atoms with Gasteiger partial charge >= 0.3 is 0 Å². The molecule has 0 saturated heterocycles. The van der Waals surface area contributed by atoms with E-state index in [1.165, 1.54) is 0 Å². The molecule has 62 valence electrons. The van der Waals surface area contributed by atoms with Gasteiger partial charge in [-0.05, 0) is 13.0 Å². The van der Waals surface area contributed by atoms with Gasteiger partial charge in [-0.15, -0.1) is 0 Å². The molecule has 0 spiro atoms. The van der Waals surface area contributed by atoms with Crippen molar-refractivity contribution in [2.75, 3.05) is 5.73 Å². The number of hydrogen-bond acceptors (Lipinski definition) is 3. The van der Waals surface area contributed by atoms with Gasteiger partial charge < -0.3 is 10.7 Å². The van der Waals surface area contributed by atoms with Crippen molar-refractivity contribution in [2.24, 2.45) is 0 Å². The summed E-state index contributed by atoms with van der Waals surface area (Å²) in [5.41, 5.74) is 6.49. The average molecular weight is 163 g/mol. The quantitative estimate of drug-likeness (QED) is 0.642. The minimum absolute atomic E-state index is 0.542. The highest BCUT2D eigenvalue weighted by Crippen LogP contribution is 2.05. The van der Waals surface area contributed by atoms with Crippen molar-refractivity contribution < 1.29 is 0 Å². The Morgan fingerprint density at radius 2 is 2.42 bits per heavy atom. The molecule has 3 N–H and O–H groups in total. The van der Waals surface area contributed by atoms with E-state index in [2.05, 4.69) is 15.1 Å². The standard InChI is InChI=1S/C7H9N5/c1-5-2-3-10-12(5)7-9-4-6(8)11-7/h2-4H,8H2,1H3,(H,9,11). The number of nitrogens with one attached hydrogen (secondary N) is 1. The summed E-state index contributed by atoms with van der Waals surface area (Å²) in [5, 5.41) is 4.07. The molecule has 0 radical (unpaired) electrons. The predicted molar refractivity (Wildman–Crippen MR) is 44.9 cm³/mol. The molecule has 0 fully saturated rings. The van der Waals surface area contributed by atoms with E-state index in [1.54, 1.807) is 17.1 Å². The number of imidazole rings is 1. The fourth-order valence-electron chi connectivity index (χ4n) is 1.02. The number of rotatable bonds is 1. The van der Waals surface area contributed by atoms with Gasteiger partial charge in [0, 0.05) is 11.9 Å². The normalized spacial score (nSPS) is 10.4.